The van der Waals surface area contributed by atoms with Gasteiger partial charge in [-0.1, -0.05) is 6.42 Å². The maximum Gasteiger partial charge on any atom is 0.434 e. The summed E-state index contributed by atoms with van der Waals surface area (Å²) in [7, 11) is -4.17. The summed E-state index contributed by atoms with van der Waals surface area (Å²) in [4.78, 5) is -0.852. The van der Waals surface area contributed by atoms with Gasteiger partial charge in [0.2, 0.25) is 10.0 Å². The molecule has 0 saturated heterocycles. The van der Waals surface area contributed by atoms with Crippen molar-refractivity contribution in [2.45, 2.75) is 30.3 Å². The van der Waals surface area contributed by atoms with E-state index in [1.807, 2.05) is 0 Å². The zero-order chi connectivity index (χ0) is 13.4. The summed E-state index contributed by atoms with van der Waals surface area (Å²) in [5, 5.41) is 4.83. The highest BCUT2D eigenvalue weighted by atomic mass is 32.2. The molecule has 1 aromatic heterocycles. The first-order valence-corrected chi connectivity index (χ1v) is 6.89. The Bertz CT molecular complexity index is 519. The first kappa shape index (κ1) is 13.3. The van der Waals surface area contributed by atoms with Gasteiger partial charge in [-0.2, -0.15) is 18.3 Å². The second kappa shape index (κ2) is 4.54. The monoisotopic (exact) mass is 283 g/mol. The van der Waals surface area contributed by atoms with Gasteiger partial charge in [-0.05, 0) is 18.8 Å². The Hall–Kier alpha value is -1.09. The molecule has 0 radical (unpaired) electrons. The molecule has 1 heterocycles. The van der Waals surface area contributed by atoms with Crippen LogP contribution in [0.2, 0.25) is 0 Å². The van der Waals surface area contributed by atoms with Crippen LogP contribution < -0.4 is 4.72 Å². The fourth-order valence-electron chi connectivity index (χ4n) is 1.68. The molecule has 1 fully saturated rings. The summed E-state index contributed by atoms with van der Waals surface area (Å²) in [6.45, 7) is 0.171. The molecule has 102 valence electrons. The van der Waals surface area contributed by atoms with Gasteiger partial charge in [0.15, 0.2) is 5.69 Å². The van der Waals surface area contributed by atoms with Crippen molar-refractivity contribution in [3.05, 3.63) is 11.9 Å². The number of H-pyrrole nitrogens is 1. The predicted octanol–water partition coefficient (Wildman–Crippen LogP) is 1.51. The van der Waals surface area contributed by atoms with Crippen molar-refractivity contribution in [2.75, 3.05) is 6.54 Å². The van der Waals surface area contributed by atoms with Crippen molar-refractivity contribution < 1.29 is 21.6 Å². The van der Waals surface area contributed by atoms with E-state index in [1.54, 1.807) is 5.10 Å². The molecular formula is C9H12F3N3O2S. The van der Waals surface area contributed by atoms with Gasteiger partial charge < -0.3 is 0 Å². The summed E-state index contributed by atoms with van der Waals surface area (Å²) in [6.07, 6.45) is -1.26. The summed E-state index contributed by atoms with van der Waals surface area (Å²) in [5.74, 6) is 0.223. The summed E-state index contributed by atoms with van der Waals surface area (Å²) in [6, 6.07) is 0. The molecule has 0 spiro atoms. The van der Waals surface area contributed by atoms with Crippen LogP contribution in [0.4, 0.5) is 13.2 Å². The molecule has 2 rings (SSSR count). The smallest absolute Gasteiger partial charge is 0.272 e. The van der Waals surface area contributed by atoms with Crippen LogP contribution in [0.25, 0.3) is 0 Å². The number of aromatic amines is 1. The second-order valence-electron chi connectivity index (χ2n) is 4.26. The summed E-state index contributed by atoms with van der Waals surface area (Å²) >= 11 is 0. The standard InChI is InChI=1S/C9H12F3N3O2S/c10-9(11,12)8-7(5-13-15-8)18(16,17)14-4-6-2-1-3-6/h5-6,14H,1-4H2,(H,13,15). The zero-order valence-corrected chi connectivity index (χ0v) is 10.1. The SMILES string of the molecule is O=S(=O)(NCC1CCC1)c1cn[nH]c1C(F)(F)F. The van der Waals surface area contributed by atoms with Gasteiger partial charge >= 0.3 is 6.18 Å². The normalized spacial score (nSPS) is 17.7. The van der Waals surface area contributed by atoms with Gasteiger partial charge in [-0.3, -0.25) is 5.10 Å². The van der Waals surface area contributed by atoms with E-state index in [0.29, 0.717) is 6.20 Å². The highest BCUT2D eigenvalue weighted by molar-refractivity contribution is 7.89. The topological polar surface area (TPSA) is 74.8 Å². The van der Waals surface area contributed by atoms with Gasteiger partial charge in [-0.15, -0.1) is 0 Å². The number of aromatic nitrogens is 2. The molecule has 9 heteroatoms. The molecule has 5 nitrogen and oxygen atoms in total. The molecule has 0 bridgehead atoms. The average Bonchev–Trinajstić information content (AvgIpc) is 2.62. The van der Waals surface area contributed by atoms with Gasteiger partial charge in [0.05, 0.1) is 6.20 Å². The Morgan fingerprint density at radius 3 is 2.61 bits per heavy atom. The van der Waals surface area contributed by atoms with Crippen LogP contribution in [0, 0.1) is 5.92 Å². The van der Waals surface area contributed by atoms with Crippen molar-refractivity contribution >= 4 is 10.0 Å². The molecule has 0 aromatic carbocycles. The lowest BCUT2D eigenvalue weighted by atomic mass is 9.86. The van der Waals surface area contributed by atoms with Crippen LogP contribution in [-0.2, 0) is 16.2 Å². The number of halogens is 3. The quantitative estimate of drug-likeness (QED) is 0.879. The van der Waals surface area contributed by atoms with Crippen LogP contribution >= 0.6 is 0 Å². The minimum absolute atomic E-state index is 0.171. The van der Waals surface area contributed by atoms with Gasteiger partial charge in [0.1, 0.15) is 4.90 Å². The molecule has 2 N–H and O–H groups in total. The third-order valence-electron chi connectivity index (χ3n) is 2.96. The summed E-state index contributed by atoms with van der Waals surface area (Å²) < 4.78 is 63.2. The largest absolute Gasteiger partial charge is 0.434 e. The molecule has 1 aromatic rings. The minimum atomic E-state index is -4.77. The number of nitrogens with one attached hydrogen (secondary N) is 2. The Morgan fingerprint density at radius 1 is 1.44 bits per heavy atom. The fourth-order valence-corrected chi connectivity index (χ4v) is 2.92. The first-order valence-electron chi connectivity index (χ1n) is 5.41. The number of hydrogen-bond acceptors (Lipinski definition) is 3. The first-order chi connectivity index (χ1) is 8.31. The van der Waals surface area contributed by atoms with Crippen LogP contribution in [-0.4, -0.2) is 25.2 Å². The van der Waals surface area contributed by atoms with Gasteiger partial charge in [0, 0.05) is 6.54 Å². The molecule has 18 heavy (non-hydrogen) atoms. The summed E-state index contributed by atoms with van der Waals surface area (Å²) in [5.41, 5.74) is -1.34. The van der Waals surface area contributed by atoms with E-state index in [0.717, 1.165) is 19.3 Å². The van der Waals surface area contributed by atoms with E-state index in [-0.39, 0.29) is 12.5 Å². The lowest BCUT2D eigenvalue weighted by molar-refractivity contribution is -0.143. The van der Waals surface area contributed by atoms with E-state index in [2.05, 4.69) is 9.82 Å². The number of nitrogens with zero attached hydrogens (tertiary/aromatic N) is 1. The third kappa shape index (κ3) is 2.66. The molecule has 0 amide bonds. The van der Waals surface area contributed by atoms with Crippen LogP contribution in [0.15, 0.2) is 11.1 Å². The van der Waals surface area contributed by atoms with Crippen molar-refractivity contribution in [1.29, 1.82) is 0 Å². The van der Waals surface area contributed by atoms with Crippen molar-refractivity contribution in [3.8, 4) is 0 Å². The molecular weight excluding hydrogens is 271 g/mol. The molecule has 1 saturated carbocycles. The average molecular weight is 283 g/mol. The van der Waals surface area contributed by atoms with Crippen molar-refractivity contribution in [1.82, 2.24) is 14.9 Å². The van der Waals surface area contributed by atoms with E-state index < -0.39 is 26.8 Å². The number of hydrogen-bond donors (Lipinski definition) is 2. The van der Waals surface area contributed by atoms with E-state index in [4.69, 9.17) is 0 Å². The molecule has 0 aliphatic heterocycles. The maximum atomic E-state index is 12.5. The zero-order valence-electron chi connectivity index (χ0n) is 9.29. The van der Waals surface area contributed by atoms with E-state index >= 15 is 0 Å². The highest BCUT2D eigenvalue weighted by Crippen LogP contribution is 2.32. The lowest BCUT2D eigenvalue weighted by Gasteiger charge is -2.25. The third-order valence-corrected chi connectivity index (χ3v) is 4.40. The molecule has 1 aliphatic carbocycles. The number of alkyl halides is 3. The van der Waals surface area contributed by atoms with E-state index in [1.165, 1.54) is 0 Å². The Labute approximate surface area is 102 Å². The van der Waals surface area contributed by atoms with Crippen LogP contribution in [0.1, 0.15) is 25.0 Å². The van der Waals surface area contributed by atoms with E-state index in [9.17, 15) is 21.6 Å². The molecule has 0 atom stereocenters. The predicted molar refractivity (Wildman–Crippen MR) is 56.1 cm³/mol. The molecule has 0 unspecified atom stereocenters. The highest BCUT2D eigenvalue weighted by Gasteiger charge is 2.39. The van der Waals surface area contributed by atoms with Crippen LogP contribution in [0.5, 0.6) is 0 Å². The van der Waals surface area contributed by atoms with Gasteiger partial charge in [0.25, 0.3) is 0 Å². The van der Waals surface area contributed by atoms with Gasteiger partial charge in [-0.25, -0.2) is 13.1 Å². The lowest BCUT2D eigenvalue weighted by Crippen LogP contribution is -2.33. The fraction of sp³-hybridized carbons (Fsp3) is 0.667. The Kier molecular flexibility index (Phi) is 3.37. The number of rotatable bonds is 4. The van der Waals surface area contributed by atoms with Crippen molar-refractivity contribution in [2.24, 2.45) is 5.92 Å². The Morgan fingerprint density at radius 2 is 2.11 bits per heavy atom. The maximum absolute atomic E-state index is 12.5. The van der Waals surface area contributed by atoms with Crippen LogP contribution in [0.3, 0.4) is 0 Å². The second-order valence-corrected chi connectivity index (χ2v) is 5.99. The Balaban J connectivity index is 2.16. The van der Waals surface area contributed by atoms with Crippen molar-refractivity contribution in [3.63, 3.8) is 0 Å². The minimum Gasteiger partial charge on any atom is -0.272 e. The molecule has 1 aliphatic rings. The number of sulfonamides is 1.